The standard InChI is InChI=1S/C17H20N2O/c18-14-8-6-13(7-9-14)17-11-10-16(12-19-17)20-15-4-2-1-3-5-15/h6-12,15H,1-5,18H2. The second kappa shape index (κ2) is 5.95. The fourth-order valence-electron chi connectivity index (χ4n) is 2.65. The van der Waals surface area contributed by atoms with Gasteiger partial charge in [0.05, 0.1) is 18.0 Å². The van der Waals surface area contributed by atoms with Crippen molar-refractivity contribution in [1.29, 1.82) is 0 Å². The van der Waals surface area contributed by atoms with E-state index < -0.39 is 0 Å². The van der Waals surface area contributed by atoms with Crippen molar-refractivity contribution < 1.29 is 4.74 Å². The summed E-state index contributed by atoms with van der Waals surface area (Å²) in [7, 11) is 0. The first-order valence-electron chi connectivity index (χ1n) is 7.30. The summed E-state index contributed by atoms with van der Waals surface area (Å²) in [6, 6.07) is 11.8. The lowest BCUT2D eigenvalue weighted by atomic mass is 9.98. The highest BCUT2D eigenvalue weighted by Crippen LogP contribution is 2.25. The molecule has 1 aliphatic rings. The Morgan fingerprint density at radius 2 is 1.70 bits per heavy atom. The molecule has 1 heterocycles. The summed E-state index contributed by atoms with van der Waals surface area (Å²) in [4.78, 5) is 4.48. The average molecular weight is 268 g/mol. The molecule has 3 heteroatoms. The minimum absolute atomic E-state index is 0.368. The van der Waals surface area contributed by atoms with Gasteiger partial charge < -0.3 is 10.5 Å². The first kappa shape index (κ1) is 13.0. The molecule has 104 valence electrons. The second-order valence-corrected chi connectivity index (χ2v) is 5.38. The molecular weight excluding hydrogens is 248 g/mol. The molecule has 0 saturated heterocycles. The molecule has 1 aromatic carbocycles. The largest absolute Gasteiger partial charge is 0.489 e. The van der Waals surface area contributed by atoms with E-state index in [-0.39, 0.29) is 0 Å². The van der Waals surface area contributed by atoms with E-state index in [2.05, 4.69) is 4.98 Å². The molecule has 0 aliphatic heterocycles. The van der Waals surface area contributed by atoms with Gasteiger partial charge in [-0.15, -0.1) is 0 Å². The summed E-state index contributed by atoms with van der Waals surface area (Å²) < 4.78 is 5.98. The number of pyridine rings is 1. The first-order chi connectivity index (χ1) is 9.81. The van der Waals surface area contributed by atoms with Gasteiger partial charge in [-0.2, -0.15) is 0 Å². The van der Waals surface area contributed by atoms with Crippen LogP contribution in [0.2, 0.25) is 0 Å². The summed E-state index contributed by atoms with van der Waals surface area (Å²) in [6.07, 6.45) is 8.42. The van der Waals surface area contributed by atoms with E-state index in [0.717, 1.165) is 22.7 Å². The van der Waals surface area contributed by atoms with E-state index in [4.69, 9.17) is 10.5 Å². The van der Waals surface area contributed by atoms with E-state index >= 15 is 0 Å². The van der Waals surface area contributed by atoms with E-state index in [0.29, 0.717) is 6.10 Å². The quantitative estimate of drug-likeness (QED) is 0.854. The van der Waals surface area contributed by atoms with E-state index in [1.165, 1.54) is 32.1 Å². The van der Waals surface area contributed by atoms with Gasteiger partial charge in [-0.25, -0.2) is 0 Å². The van der Waals surface area contributed by atoms with Crippen LogP contribution >= 0.6 is 0 Å². The molecule has 2 N–H and O–H groups in total. The highest BCUT2D eigenvalue weighted by molar-refractivity contribution is 5.62. The van der Waals surface area contributed by atoms with Crippen molar-refractivity contribution in [3.63, 3.8) is 0 Å². The molecule has 0 amide bonds. The zero-order valence-corrected chi connectivity index (χ0v) is 11.6. The Hall–Kier alpha value is -2.03. The SMILES string of the molecule is Nc1ccc(-c2ccc(OC3CCCCC3)cn2)cc1. The van der Waals surface area contributed by atoms with Gasteiger partial charge in [-0.05, 0) is 49.9 Å². The Morgan fingerprint density at radius 3 is 2.35 bits per heavy atom. The van der Waals surface area contributed by atoms with Crippen LogP contribution in [0, 0.1) is 0 Å². The van der Waals surface area contributed by atoms with Crippen molar-refractivity contribution in [2.75, 3.05) is 5.73 Å². The van der Waals surface area contributed by atoms with Crippen molar-refractivity contribution in [3.8, 4) is 17.0 Å². The summed E-state index contributed by atoms with van der Waals surface area (Å²) in [5, 5.41) is 0. The number of nitrogen functional groups attached to an aromatic ring is 1. The number of anilines is 1. The predicted molar refractivity (Wildman–Crippen MR) is 81.6 cm³/mol. The Kier molecular flexibility index (Phi) is 3.86. The Bertz CT molecular complexity index is 542. The maximum Gasteiger partial charge on any atom is 0.138 e. The van der Waals surface area contributed by atoms with Crippen LogP contribution in [0.25, 0.3) is 11.3 Å². The first-order valence-corrected chi connectivity index (χ1v) is 7.30. The van der Waals surface area contributed by atoms with Gasteiger partial charge in [-0.3, -0.25) is 4.98 Å². The lowest BCUT2D eigenvalue weighted by Crippen LogP contribution is -2.19. The van der Waals surface area contributed by atoms with Crippen molar-refractivity contribution in [1.82, 2.24) is 4.98 Å². The Balaban J connectivity index is 1.69. The van der Waals surface area contributed by atoms with Gasteiger partial charge in [0.25, 0.3) is 0 Å². The molecular formula is C17H20N2O. The van der Waals surface area contributed by atoms with Gasteiger partial charge in [0.15, 0.2) is 0 Å². The molecule has 1 saturated carbocycles. The third kappa shape index (κ3) is 3.10. The highest BCUT2D eigenvalue weighted by atomic mass is 16.5. The molecule has 2 aromatic rings. The van der Waals surface area contributed by atoms with Crippen molar-refractivity contribution >= 4 is 5.69 Å². The van der Waals surface area contributed by atoms with Gasteiger partial charge >= 0.3 is 0 Å². The molecule has 1 aromatic heterocycles. The maximum absolute atomic E-state index is 5.98. The number of ether oxygens (including phenoxy) is 1. The minimum Gasteiger partial charge on any atom is -0.489 e. The van der Waals surface area contributed by atoms with Gasteiger partial charge in [0.1, 0.15) is 5.75 Å². The molecule has 1 aliphatic carbocycles. The average Bonchev–Trinajstić information content (AvgIpc) is 2.50. The second-order valence-electron chi connectivity index (χ2n) is 5.38. The lowest BCUT2D eigenvalue weighted by Gasteiger charge is -2.22. The molecule has 0 unspecified atom stereocenters. The molecule has 3 nitrogen and oxygen atoms in total. The number of nitrogens with two attached hydrogens (primary N) is 1. The smallest absolute Gasteiger partial charge is 0.138 e. The number of rotatable bonds is 3. The molecule has 20 heavy (non-hydrogen) atoms. The zero-order valence-electron chi connectivity index (χ0n) is 11.6. The van der Waals surface area contributed by atoms with Gasteiger partial charge in [0, 0.05) is 11.3 Å². The molecule has 1 fully saturated rings. The van der Waals surface area contributed by atoms with Crippen molar-refractivity contribution in [2.24, 2.45) is 0 Å². The molecule has 0 atom stereocenters. The zero-order chi connectivity index (χ0) is 13.8. The summed E-state index contributed by atoms with van der Waals surface area (Å²) in [5.74, 6) is 0.871. The maximum atomic E-state index is 5.98. The van der Waals surface area contributed by atoms with Crippen LogP contribution in [0.1, 0.15) is 32.1 Å². The third-order valence-corrected chi connectivity index (χ3v) is 3.80. The minimum atomic E-state index is 0.368. The third-order valence-electron chi connectivity index (χ3n) is 3.80. The number of benzene rings is 1. The summed E-state index contributed by atoms with van der Waals surface area (Å²) in [5.41, 5.74) is 8.48. The molecule has 3 rings (SSSR count). The van der Waals surface area contributed by atoms with Crippen LogP contribution in [0.4, 0.5) is 5.69 Å². The van der Waals surface area contributed by atoms with E-state index in [9.17, 15) is 0 Å². The normalized spacial score (nSPS) is 16.0. The van der Waals surface area contributed by atoms with Crippen LogP contribution in [0.15, 0.2) is 42.6 Å². The number of nitrogens with zero attached hydrogens (tertiary/aromatic N) is 1. The Morgan fingerprint density at radius 1 is 0.950 bits per heavy atom. The molecule has 0 bridgehead atoms. The van der Waals surface area contributed by atoms with Gasteiger partial charge in [0.2, 0.25) is 0 Å². The summed E-state index contributed by atoms with van der Waals surface area (Å²) in [6.45, 7) is 0. The predicted octanol–water partition coefficient (Wildman–Crippen LogP) is 4.04. The molecule has 0 spiro atoms. The van der Waals surface area contributed by atoms with E-state index in [1.807, 2.05) is 42.6 Å². The van der Waals surface area contributed by atoms with Crippen LogP contribution in [0.3, 0.4) is 0 Å². The summed E-state index contributed by atoms with van der Waals surface area (Å²) >= 11 is 0. The topological polar surface area (TPSA) is 48.1 Å². The van der Waals surface area contributed by atoms with Crippen LogP contribution in [-0.4, -0.2) is 11.1 Å². The number of hydrogen-bond acceptors (Lipinski definition) is 3. The Labute approximate surface area is 119 Å². The van der Waals surface area contributed by atoms with Crippen LogP contribution in [0.5, 0.6) is 5.75 Å². The fourth-order valence-corrected chi connectivity index (χ4v) is 2.65. The molecule has 0 radical (unpaired) electrons. The van der Waals surface area contributed by atoms with Crippen molar-refractivity contribution in [2.45, 2.75) is 38.2 Å². The van der Waals surface area contributed by atoms with Crippen molar-refractivity contribution in [3.05, 3.63) is 42.6 Å². The van der Waals surface area contributed by atoms with Crippen LogP contribution in [-0.2, 0) is 0 Å². The monoisotopic (exact) mass is 268 g/mol. The van der Waals surface area contributed by atoms with E-state index in [1.54, 1.807) is 0 Å². The fraction of sp³-hybridized carbons (Fsp3) is 0.353. The van der Waals surface area contributed by atoms with Crippen LogP contribution < -0.4 is 10.5 Å². The lowest BCUT2D eigenvalue weighted by molar-refractivity contribution is 0.154. The number of aromatic nitrogens is 1. The van der Waals surface area contributed by atoms with Gasteiger partial charge in [-0.1, -0.05) is 18.6 Å². The number of hydrogen-bond donors (Lipinski definition) is 1. The highest BCUT2D eigenvalue weighted by Gasteiger charge is 2.14.